The summed E-state index contributed by atoms with van der Waals surface area (Å²) in [7, 11) is -5.01. The van der Waals surface area contributed by atoms with Crippen molar-refractivity contribution < 1.29 is 58.3 Å². The van der Waals surface area contributed by atoms with Crippen molar-refractivity contribution in [1.29, 1.82) is 0 Å². The van der Waals surface area contributed by atoms with Crippen LogP contribution in [0, 0.1) is 0 Å². The molecule has 1 fully saturated rings. The molecule has 1 aliphatic rings. The van der Waals surface area contributed by atoms with Gasteiger partial charge in [0, 0.05) is 13.0 Å². The maximum atomic E-state index is 12.8. The third-order valence-electron chi connectivity index (χ3n) is 12.0. The second kappa shape index (κ2) is 38.8. The fourth-order valence-corrected chi connectivity index (χ4v) is 8.98. The molecule has 0 aromatic heterocycles. The van der Waals surface area contributed by atoms with E-state index in [4.69, 9.17) is 18.5 Å². The van der Waals surface area contributed by atoms with Crippen LogP contribution >= 0.6 is 7.82 Å². The minimum Gasteiger partial charge on any atom is -0.457 e. The summed E-state index contributed by atoms with van der Waals surface area (Å²) >= 11 is 0. The van der Waals surface area contributed by atoms with Crippen LogP contribution in [0.4, 0.5) is 0 Å². The number of carbonyl (C=O) groups excluding carboxylic acids is 1. The summed E-state index contributed by atoms with van der Waals surface area (Å²) in [5.74, 6) is -0.473. The Kier molecular flexibility index (Phi) is 37.1. The Morgan fingerprint density at radius 3 is 1.15 bits per heavy atom. The molecule has 0 heterocycles. The fourth-order valence-electron chi connectivity index (χ4n) is 8.01. The van der Waals surface area contributed by atoms with Gasteiger partial charge in [0.05, 0.1) is 13.2 Å². The van der Waals surface area contributed by atoms with Gasteiger partial charge in [0.25, 0.3) is 0 Å². The molecule has 0 aromatic carbocycles. The Bertz CT molecular complexity index is 1000. The number of rotatable bonds is 43. The van der Waals surface area contributed by atoms with E-state index >= 15 is 0 Å². The van der Waals surface area contributed by atoms with Crippen LogP contribution in [0.5, 0.6) is 0 Å². The van der Waals surface area contributed by atoms with Gasteiger partial charge in [0.15, 0.2) is 0 Å². The summed E-state index contributed by atoms with van der Waals surface area (Å²) in [6, 6.07) is 0. The first-order chi connectivity index (χ1) is 29.0. The second-order valence-corrected chi connectivity index (χ2v) is 19.1. The van der Waals surface area contributed by atoms with Crippen LogP contribution in [0.2, 0.25) is 0 Å². The average Bonchev–Trinajstić information content (AvgIpc) is 3.23. The predicted molar refractivity (Wildman–Crippen MR) is 240 cm³/mol. The highest BCUT2D eigenvalue weighted by Crippen LogP contribution is 2.47. The molecule has 12 nitrogen and oxygen atoms in total. The van der Waals surface area contributed by atoms with E-state index in [0.29, 0.717) is 13.0 Å². The lowest BCUT2D eigenvalue weighted by molar-refractivity contribution is -0.220. The van der Waals surface area contributed by atoms with Crippen molar-refractivity contribution in [3.05, 3.63) is 0 Å². The standard InChI is InChI=1S/C47H93O12P/c1-3-5-7-9-11-13-15-16-17-18-19-20-21-22-23-24-25-27-29-31-33-35-37-56-38-40(58-41(48)36-34-32-30-28-26-14-12-10-8-6-4-2)39-57-60(54,55)59-47-45(52)43(50)42(49)44(51)46(47)53/h40,42-47,49-53H,3-39H2,1-2H3,(H,54,55). The number of unbranched alkanes of at least 4 members (excludes halogenated alkanes) is 31. The van der Waals surface area contributed by atoms with E-state index in [0.717, 1.165) is 38.5 Å². The van der Waals surface area contributed by atoms with Gasteiger partial charge in [-0.25, -0.2) is 4.57 Å². The van der Waals surface area contributed by atoms with Crippen LogP contribution in [0.15, 0.2) is 0 Å². The number of esters is 1. The number of aliphatic hydroxyl groups is 5. The quantitative estimate of drug-likeness (QED) is 0.0193. The zero-order chi connectivity index (χ0) is 44.1. The molecule has 0 bridgehead atoms. The third kappa shape index (κ3) is 30.4. The number of carbonyl (C=O) groups is 1. The largest absolute Gasteiger partial charge is 0.472 e. The molecule has 0 aliphatic heterocycles. The first-order valence-electron chi connectivity index (χ1n) is 24.9. The summed E-state index contributed by atoms with van der Waals surface area (Å²) in [5.41, 5.74) is 0. The highest BCUT2D eigenvalue weighted by molar-refractivity contribution is 7.47. The molecule has 60 heavy (non-hydrogen) atoms. The van der Waals surface area contributed by atoms with Crippen LogP contribution in [-0.2, 0) is 27.9 Å². The van der Waals surface area contributed by atoms with Gasteiger partial charge < -0.3 is 39.9 Å². The molecule has 1 aliphatic carbocycles. The molecule has 6 N–H and O–H groups in total. The Hall–Kier alpha value is -0.660. The number of phosphoric ester groups is 1. The van der Waals surface area contributed by atoms with Gasteiger partial charge in [0.2, 0.25) is 0 Å². The van der Waals surface area contributed by atoms with E-state index in [9.17, 15) is 39.8 Å². The van der Waals surface area contributed by atoms with E-state index in [1.165, 1.54) is 167 Å². The van der Waals surface area contributed by atoms with Crippen molar-refractivity contribution in [1.82, 2.24) is 0 Å². The average molecular weight is 881 g/mol. The van der Waals surface area contributed by atoms with Gasteiger partial charge in [-0.15, -0.1) is 0 Å². The van der Waals surface area contributed by atoms with E-state index in [1.807, 2.05) is 0 Å². The van der Waals surface area contributed by atoms with Gasteiger partial charge in [-0.05, 0) is 12.8 Å². The second-order valence-electron chi connectivity index (χ2n) is 17.7. The first kappa shape index (κ1) is 57.4. The molecule has 13 heteroatoms. The van der Waals surface area contributed by atoms with Crippen molar-refractivity contribution in [2.75, 3.05) is 19.8 Å². The zero-order valence-electron chi connectivity index (χ0n) is 38.3. The molecule has 0 aromatic rings. The fraction of sp³-hybridized carbons (Fsp3) is 0.979. The van der Waals surface area contributed by atoms with E-state index in [2.05, 4.69) is 13.8 Å². The van der Waals surface area contributed by atoms with E-state index in [-0.39, 0.29) is 13.0 Å². The molecular weight excluding hydrogens is 787 g/mol. The maximum absolute atomic E-state index is 12.8. The number of hydrogen-bond acceptors (Lipinski definition) is 11. The minimum absolute atomic E-state index is 0.0679. The smallest absolute Gasteiger partial charge is 0.457 e. The predicted octanol–water partition coefficient (Wildman–Crippen LogP) is 10.5. The number of phosphoric acid groups is 1. The summed E-state index contributed by atoms with van der Waals surface area (Å²) in [6.07, 6.45) is 29.0. The van der Waals surface area contributed by atoms with Gasteiger partial charge in [0.1, 0.15) is 42.7 Å². The Balaban J connectivity index is 2.28. The highest BCUT2D eigenvalue weighted by Gasteiger charge is 2.51. The lowest BCUT2D eigenvalue weighted by atomic mass is 9.85. The number of hydrogen-bond donors (Lipinski definition) is 6. The summed E-state index contributed by atoms with van der Waals surface area (Å²) < 4.78 is 34.2. The highest BCUT2D eigenvalue weighted by atomic mass is 31.2. The number of aliphatic hydroxyl groups excluding tert-OH is 5. The minimum atomic E-state index is -5.01. The first-order valence-corrected chi connectivity index (χ1v) is 26.4. The SMILES string of the molecule is CCCCCCCCCCCCCCCCCCCCCCCCOCC(COP(=O)(O)OC1C(O)C(O)C(O)C(O)C1O)OC(=O)CCCCCCCCCCCCC. The maximum Gasteiger partial charge on any atom is 0.472 e. The van der Waals surface area contributed by atoms with Crippen LogP contribution in [0.1, 0.15) is 232 Å². The molecule has 0 spiro atoms. The van der Waals surface area contributed by atoms with Gasteiger partial charge in [-0.1, -0.05) is 213 Å². The Morgan fingerprint density at radius 2 is 0.783 bits per heavy atom. The molecule has 0 radical (unpaired) electrons. The van der Waals surface area contributed by atoms with Crippen molar-refractivity contribution in [3.63, 3.8) is 0 Å². The summed E-state index contributed by atoms with van der Waals surface area (Å²) in [5, 5.41) is 50.2. The Labute approximate surface area is 365 Å². The molecule has 6 unspecified atom stereocenters. The van der Waals surface area contributed by atoms with Crippen LogP contribution in [0.25, 0.3) is 0 Å². The van der Waals surface area contributed by atoms with Crippen LogP contribution in [-0.4, -0.2) is 98.9 Å². The zero-order valence-corrected chi connectivity index (χ0v) is 39.2. The molecule has 1 saturated carbocycles. The van der Waals surface area contributed by atoms with Gasteiger partial charge >= 0.3 is 13.8 Å². The third-order valence-corrected chi connectivity index (χ3v) is 13.0. The van der Waals surface area contributed by atoms with Gasteiger partial charge in [-0.2, -0.15) is 0 Å². The van der Waals surface area contributed by atoms with Gasteiger partial charge in [-0.3, -0.25) is 13.8 Å². The monoisotopic (exact) mass is 881 g/mol. The topological polar surface area (TPSA) is 192 Å². The van der Waals surface area contributed by atoms with Crippen molar-refractivity contribution in [3.8, 4) is 0 Å². The summed E-state index contributed by atoms with van der Waals surface area (Å²) in [6.45, 7) is 4.29. The van der Waals surface area contributed by atoms with E-state index < -0.39 is 63.1 Å². The van der Waals surface area contributed by atoms with Crippen LogP contribution < -0.4 is 0 Å². The van der Waals surface area contributed by atoms with Crippen molar-refractivity contribution >= 4 is 13.8 Å². The molecule has 0 amide bonds. The lowest BCUT2D eigenvalue weighted by Crippen LogP contribution is -2.64. The molecule has 0 saturated heterocycles. The number of ether oxygens (including phenoxy) is 2. The molecule has 358 valence electrons. The van der Waals surface area contributed by atoms with Crippen LogP contribution in [0.3, 0.4) is 0 Å². The Morgan fingerprint density at radius 1 is 0.467 bits per heavy atom. The lowest BCUT2D eigenvalue weighted by Gasteiger charge is -2.41. The molecule has 1 rings (SSSR count). The molecule has 6 atom stereocenters. The van der Waals surface area contributed by atoms with Crippen molar-refractivity contribution in [2.24, 2.45) is 0 Å². The summed E-state index contributed by atoms with van der Waals surface area (Å²) in [4.78, 5) is 23.1. The van der Waals surface area contributed by atoms with E-state index in [1.54, 1.807) is 0 Å². The molecular formula is C47H93O12P. The van der Waals surface area contributed by atoms with Crippen molar-refractivity contribution in [2.45, 2.75) is 275 Å². The normalized spacial score (nSPS) is 22.2.